The van der Waals surface area contributed by atoms with Gasteiger partial charge in [-0.25, -0.2) is 4.39 Å². The second-order valence-electron chi connectivity index (χ2n) is 4.95. The molecule has 1 amide bonds. The van der Waals surface area contributed by atoms with Crippen LogP contribution < -0.4 is 15.8 Å². The van der Waals surface area contributed by atoms with Gasteiger partial charge in [0.2, 0.25) is 5.91 Å². The van der Waals surface area contributed by atoms with Crippen molar-refractivity contribution in [3.05, 3.63) is 58.9 Å². The fraction of sp³-hybridized carbons (Fsp3) is 0.188. The number of rotatable bonds is 4. The topological polar surface area (TPSA) is 64.4 Å². The standard InChI is InChI=1S/C16H15FN2O2/c17-13-3-2-12(16(18)20)8-14(13)19-9-10-1-4-15-11(7-10)5-6-21-15/h1-4,7-8,19H,5-6,9H2,(H2,18,20). The minimum absolute atomic E-state index is 0.267. The van der Waals surface area contributed by atoms with E-state index in [-0.39, 0.29) is 11.3 Å². The molecule has 0 atom stereocenters. The summed E-state index contributed by atoms with van der Waals surface area (Å²) in [5, 5.41) is 2.99. The smallest absolute Gasteiger partial charge is 0.248 e. The molecule has 21 heavy (non-hydrogen) atoms. The van der Waals surface area contributed by atoms with E-state index < -0.39 is 11.7 Å². The molecular formula is C16H15FN2O2. The summed E-state index contributed by atoms with van der Waals surface area (Å²) in [6.45, 7) is 1.17. The van der Waals surface area contributed by atoms with Crippen LogP contribution in [0.5, 0.6) is 5.75 Å². The third-order valence-corrected chi connectivity index (χ3v) is 3.49. The molecule has 1 aliphatic heterocycles. The van der Waals surface area contributed by atoms with Crippen molar-refractivity contribution >= 4 is 11.6 Å². The number of halogens is 1. The Morgan fingerprint density at radius 3 is 2.95 bits per heavy atom. The normalized spacial score (nSPS) is 12.6. The van der Waals surface area contributed by atoms with E-state index in [1.54, 1.807) is 0 Å². The summed E-state index contributed by atoms with van der Waals surface area (Å²) in [6, 6.07) is 9.94. The number of hydrogen-bond donors (Lipinski definition) is 2. The maximum absolute atomic E-state index is 13.7. The third kappa shape index (κ3) is 2.81. The Bertz CT molecular complexity index is 701. The second kappa shape index (κ2) is 5.44. The van der Waals surface area contributed by atoms with Crippen molar-refractivity contribution in [2.75, 3.05) is 11.9 Å². The SMILES string of the molecule is NC(=O)c1ccc(F)c(NCc2ccc3c(c2)CCO3)c1. The van der Waals surface area contributed by atoms with Crippen molar-refractivity contribution < 1.29 is 13.9 Å². The van der Waals surface area contributed by atoms with Crippen LogP contribution in [0.2, 0.25) is 0 Å². The van der Waals surface area contributed by atoms with E-state index in [2.05, 4.69) is 5.32 Å². The Hall–Kier alpha value is -2.56. The molecule has 4 nitrogen and oxygen atoms in total. The molecule has 0 fully saturated rings. The Morgan fingerprint density at radius 1 is 1.29 bits per heavy atom. The van der Waals surface area contributed by atoms with Crippen molar-refractivity contribution in [3.8, 4) is 5.75 Å². The van der Waals surface area contributed by atoms with Crippen LogP contribution in [-0.2, 0) is 13.0 Å². The Balaban J connectivity index is 1.75. The largest absolute Gasteiger partial charge is 0.493 e. The quantitative estimate of drug-likeness (QED) is 0.907. The van der Waals surface area contributed by atoms with Gasteiger partial charge in [-0.1, -0.05) is 12.1 Å². The van der Waals surface area contributed by atoms with Crippen molar-refractivity contribution in [1.29, 1.82) is 0 Å². The molecule has 0 bridgehead atoms. The molecule has 3 rings (SSSR count). The fourth-order valence-corrected chi connectivity index (χ4v) is 2.36. The summed E-state index contributed by atoms with van der Waals surface area (Å²) in [5.74, 6) is -0.0714. The van der Waals surface area contributed by atoms with Gasteiger partial charge in [0.05, 0.1) is 12.3 Å². The zero-order valence-electron chi connectivity index (χ0n) is 11.4. The Kier molecular flexibility index (Phi) is 3.48. The summed E-state index contributed by atoms with van der Waals surface area (Å²) in [5.41, 5.74) is 7.94. The number of fused-ring (bicyclic) bond motifs is 1. The molecule has 0 saturated carbocycles. The highest BCUT2D eigenvalue weighted by molar-refractivity contribution is 5.93. The molecule has 2 aromatic rings. The van der Waals surface area contributed by atoms with Crippen LogP contribution in [0.1, 0.15) is 21.5 Å². The molecule has 108 valence electrons. The van der Waals surface area contributed by atoms with E-state index in [9.17, 15) is 9.18 Å². The molecule has 1 heterocycles. The average molecular weight is 286 g/mol. The minimum atomic E-state index is -0.576. The van der Waals surface area contributed by atoms with Gasteiger partial charge in [-0.15, -0.1) is 0 Å². The zero-order chi connectivity index (χ0) is 14.8. The molecule has 5 heteroatoms. The van der Waals surface area contributed by atoms with Crippen molar-refractivity contribution in [1.82, 2.24) is 0 Å². The summed E-state index contributed by atoms with van der Waals surface area (Å²) >= 11 is 0. The van der Waals surface area contributed by atoms with E-state index in [0.717, 1.165) is 17.7 Å². The molecular weight excluding hydrogens is 271 g/mol. The van der Waals surface area contributed by atoms with Crippen LogP contribution in [0.15, 0.2) is 36.4 Å². The van der Waals surface area contributed by atoms with Gasteiger partial charge in [-0.2, -0.15) is 0 Å². The lowest BCUT2D eigenvalue weighted by molar-refractivity contribution is 0.100. The Labute approximate surface area is 121 Å². The molecule has 0 aliphatic carbocycles. The lowest BCUT2D eigenvalue weighted by Crippen LogP contribution is -2.12. The van der Waals surface area contributed by atoms with E-state index in [1.165, 1.54) is 23.8 Å². The predicted octanol–water partition coefficient (Wildman–Crippen LogP) is 2.47. The first-order valence-corrected chi connectivity index (χ1v) is 6.71. The highest BCUT2D eigenvalue weighted by Gasteiger charge is 2.12. The van der Waals surface area contributed by atoms with Gasteiger partial charge in [0.25, 0.3) is 0 Å². The zero-order valence-corrected chi connectivity index (χ0v) is 11.4. The van der Waals surface area contributed by atoms with Gasteiger partial charge in [0, 0.05) is 18.5 Å². The van der Waals surface area contributed by atoms with Crippen molar-refractivity contribution in [2.45, 2.75) is 13.0 Å². The highest BCUT2D eigenvalue weighted by atomic mass is 19.1. The molecule has 3 N–H and O–H groups in total. The lowest BCUT2D eigenvalue weighted by Gasteiger charge is -2.10. The van der Waals surface area contributed by atoms with Gasteiger partial charge in [-0.05, 0) is 35.4 Å². The molecule has 0 unspecified atom stereocenters. The molecule has 2 aromatic carbocycles. The summed E-state index contributed by atoms with van der Waals surface area (Å²) in [4.78, 5) is 11.1. The predicted molar refractivity (Wildman–Crippen MR) is 77.9 cm³/mol. The highest BCUT2D eigenvalue weighted by Crippen LogP contribution is 2.26. The van der Waals surface area contributed by atoms with Crippen LogP contribution in [0.4, 0.5) is 10.1 Å². The van der Waals surface area contributed by atoms with E-state index in [4.69, 9.17) is 10.5 Å². The number of nitrogens with two attached hydrogens (primary N) is 1. The number of nitrogens with one attached hydrogen (secondary N) is 1. The average Bonchev–Trinajstić information content (AvgIpc) is 2.93. The number of carbonyl (C=O) groups is 1. The molecule has 0 saturated heterocycles. The molecule has 0 aromatic heterocycles. The number of carbonyl (C=O) groups excluding carboxylic acids is 1. The van der Waals surface area contributed by atoms with E-state index in [0.29, 0.717) is 13.2 Å². The maximum atomic E-state index is 13.7. The fourth-order valence-electron chi connectivity index (χ4n) is 2.36. The lowest BCUT2D eigenvalue weighted by atomic mass is 10.1. The van der Waals surface area contributed by atoms with Crippen LogP contribution in [0, 0.1) is 5.82 Å². The van der Waals surface area contributed by atoms with Gasteiger partial charge in [0.15, 0.2) is 0 Å². The van der Waals surface area contributed by atoms with Crippen molar-refractivity contribution in [2.24, 2.45) is 5.73 Å². The molecule has 1 aliphatic rings. The maximum Gasteiger partial charge on any atom is 0.248 e. The second-order valence-corrected chi connectivity index (χ2v) is 4.95. The summed E-state index contributed by atoms with van der Waals surface area (Å²) in [7, 11) is 0. The summed E-state index contributed by atoms with van der Waals surface area (Å²) in [6.07, 6.45) is 0.898. The van der Waals surface area contributed by atoms with Crippen LogP contribution in [0.25, 0.3) is 0 Å². The van der Waals surface area contributed by atoms with Crippen molar-refractivity contribution in [3.63, 3.8) is 0 Å². The number of primary amides is 1. The van der Waals surface area contributed by atoms with Crippen LogP contribution in [0.3, 0.4) is 0 Å². The van der Waals surface area contributed by atoms with Gasteiger partial charge < -0.3 is 15.8 Å². The molecule has 0 spiro atoms. The number of ether oxygens (including phenoxy) is 1. The first-order valence-electron chi connectivity index (χ1n) is 6.71. The third-order valence-electron chi connectivity index (χ3n) is 3.49. The number of anilines is 1. The molecule has 0 radical (unpaired) electrons. The van der Waals surface area contributed by atoms with E-state index in [1.807, 2.05) is 18.2 Å². The first kappa shape index (κ1) is 13.4. The Morgan fingerprint density at radius 2 is 2.14 bits per heavy atom. The van der Waals surface area contributed by atoms with Crippen LogP contribution >= 0.6 is 0 Å². The van der Waals surface area contributed by atoms with Gasteiger partial charge >= 0.3 is 0 Å². The van der Waals surface area contributed by atoms with Gasteiger partial charge in [-0.3, -0.25) is 4.79 Å². The minimum Gasteiger partial charge on any atom is -0.493 e. The van der Waals surface area contributed by atoms with Gasteiger partial charge in [0.1, 0.15) is 11.6 Å². The van der Waals surface area contributed by atoms with E-state index >= 15 is 0 Å². The number of benzene rings is 2. The van der Waals surface area contributed by atoms with Crippen LogP contribution in [-0.4, -0.2) is 12.5 Å². The monoisotopic (exact) mass is 286 g/mol. The number of amides is 1. The first-order chi connectivity index (χ1) is 10.1. The number of hydrogen-bond acceptors (Lipinski definition) is 3. The summed E-state index contributed by atoms with van der Waals surface area (Å²) < 4.78 is 19.2.